The monoisotopic (exact) mass is 285 g/mol. The zero-order valence-electron chi connectivity index (χ0n) is 11.3. The van der Waals surface area contributed by atoms with E-state index in [0.29, 0.717) is 12.5 Å². The number of nitrogens with two attached hydrogens (primary N) is 2. The number of nitrogens with one attached hydrogen (secondary N) is 1. The number of anilines is 1. The summed E-state index contributed by atoms with van der Waals surface area (Å²) in [5.74, 6) is -3.63. The highest BCUT2D eigenvalue weighted by atomic mass is 19.1. The van der Waals surface area contributed by atoms with Gasteiger partial charge in [-0.3, -0.25) is 9.59 Å². The molecule has 1 rings (SSSR count). The minimum Gasteiger partial charge on any atom is -0.366 e. The minimum atomic E-state index is -1.08. The number of rotatable bonds is 5. The molecule has 1 unspecified atom stereocenters. The first-order valence-corrected chi connectivity index (χ1v) is 6.05. The van der Waals surface area contributed by atoms with Crippen LogP contribution in [0.25, 0.3) is 0 Å². The maximum Gasteiger partial charge on any atom is 0.251 e. The van der Waals surface area contributed by atoms with Gasteiger partial charge < -0.3 is 16.8 Å². The van der Waals surface area contributed by atoms with Crippen LogP contribution < -0.4 is 16.8 Å². The first-order chi connectivity index (χ1) is 9.25. The van der Waals surface area contributed by atoms with Gasteiger partial charge in [-0.1, -0.05) is 6.92 Å². The standard InChI is InChI=1S/C13H17F2N3O2/c1-3-13(2,6-16)12(20)18-10-4-7(11(17)19)8(14)5-9(10)15/h4-5H,3,6,16H2,1-2H3,(H2,17,19)(H,18,20). The average Bonchev–Trinajstić information content (AvgIpc) is 2.40. The number of primary amides is 1. The normalized spacial score (nSPS) is 13.7. The van der Waals surface area contributed by atoms with Gasteiger partial charge in [-0.2, -0.15) is 0 Å². The molecule has 0 bridgehead atoms. The molecule has 7 heteroatoms. The van der Waals surface area contributed by atoms with E-state index in [1.807, 2.05) is 0 Å². The van der Waals surface area contributed by atoms with Crippen LogP contribution >= 0.6 is 0 Å². The van der Waals surface area contributed by atoms with E-state index < -0.39 is 34.4 Å². The number of hydrogen-bond donors (Lipinski definition) is 3. The zero-order chi connectivity index (χ0) is 15.5. The molecule has 0 saturated carbocycles. The van der Waals surface area contributed by atoms with Crippen LogP contribution in [-0.4, -0.2) is 18.4 Å². The van der Waals surface area contributed by atoms with Crippen LogP contribution in [-0.2, 0) is 4.79 Å². The van der Waals surface area contributed by atoms with Gasteiger partial charge in [0.05, 0.1) is 16.7 Å². The Hall–Kier alpha value is -2.02. The second-order valence-electron chi connectivity index (χ2n) is 4.75. The highest BCUT2D eigenvalue weighted by Crippen LogP contribution is 2.25. The molecule has 0 aromatic heterocycles. The van der Waals surface area contributed by atoms with Crippen molar-refractivity contribution in [3.05, 3.63) is 29.3 Å². The number of amides is 2. The molecular weight excluding hydrogens is 268 g/mol. The Bertz CT molecular complexity index is 543. The molecular formula is C13H17F2N3O2. The molecule has 1 aromatic rings. The SMILES string of the molecule is CCC(C)(CN)C(=O)Nc1cc(C(N)=O)c(F)cc1F. The molecule has 5 nitrogen and oxygen atoms in total. The molecule has 20 heavy (non-hydrogen) atoms. The van der Waals surface area contributed by atoms with Crippen molar-refractivity contribution in [2.24, 2.45) is 16.9 Å². The quantitative estimate of drug-likeness (QED) is 0.762. The van der Waals surface area contributed by atoms with Gasteiger partial charge in [0.2, 0.25) is 5.91 Å². The maximum absolute atomic E-state index is 13.6. The molecule has 5 N–H and O–H groups in total. The summed E-state index contributed by atoms with van der Waals surface area (Å²) >= 11 is 0. The van der Waals surface area contributed by atoms with Crippen LogP contribution in [0, 0.1) is 17.0 Å². The Morgan fingerprint density at radius 1 is 1.30 bits per heavy atom. The molecule has 110 valence electrons. The first kappa shape index (κ1) is 16.0. The van der Waals surface area contributed by atoms with Gasteiger partial charge in [0.1, 0.15) is 11.6 Å². The third-order valence-electron chi connectivity index (χ3n) is 3.35. The van der Waals surface area contributed by atoms with E-state index >= 15 is 0 Å². The molecule has 0 radical (unpaired) electrons. The summed E-state index contributed by atoms with van der Waals surface area (Å²) in [6.45, 7) is 3.46. The Kier molecular flexibility index (Phi) is 4.78. The number of hydrogen-bond acceptors (Lipinski definition) is 3. The molecule has 0 saturated heterocycles. The van der Waals surface area contributed by atoms with Crippen molar-refractivity contribution in [2.75, 3.05) is 11.9 Å². The van der Waals surface area contributed by atoms with E-state index in [1.165, 1.54) is 0 Å². The molecule has 0 heterocycles. The van der Waals surface area contributed by atoms with Crippen LogP contribution in [0.5, 0.6) is 0 Å². The molecule has 0 aliphatic heterocycles. The predicted octanol–water partition coefficient (Wildman–Crippen LogP) is 1.38. The highest BCUT2D eigenvalue weighted by molar-refractivity contribution is 5.98. The molecule has 2 amide bonds. The summed E-state index contributed by atoms with van der Waals surface area (Å²) in [4.78, 5) is 23.1. The van der Waals surface area contributed by atoms with Crippen LogP contribution in [0.4, 0.5) is 14.5 Å². The lowest BCUT2D eigenvalue weighted by Crippen LogP contribution is -2.39. The van der Waals surface area contributed by atoms with Gasteiger partial charge in [0, 0.05) is 12.6 Å². The lowest BCUT2D eigenvalue weighted by atomic mass is 9.86. The van der Waals surface area contributed by atoms with Crippen molar-refractivity contribution in [3.8, 4) is 0 Å². The fourth-order valence-corrected chi connectivity index (χ4v) is 1.50. The van der Waals surface area contributed by atoms with Gasteiger partial charge in [-0.25, -0.2) is 8.78 Å². The van der Waals surface area contributed by atoms with E-state index in [1.54, 1.807) is 13.8 Å². The topological polar surface area (TPSA) is 98.2 Å². The van der Waals surface area contributed by atoms with Crippen LogP contribution in [0.1, 0.15) is 30.6 Å². The van der Waals surface area contributed by atoms with Crippen LogP contribution in [0.3, 0.4) is 0 Å². The van der Waals surface area contributed by atoms with Crippen molar-refractivity contribution in [2.45, 2.75) is 20.3 Å². The summed E-state index contributed by atoms with van der Waals surface area (Å²) in [7, 11) is 0. The Labute approximate surface area is 115 Å². The zero-order valence-corrected chi connectivity index (χ0v) is 11.3. The number of halogens is 2. The van der Waals surface area contributed by atoms with Crippen molar-refractivity contribution >= 4 is 17.5 Å². The van der Waals surface area contributed by atoms with E-state index in [0.717, 1.165) is 6.07 Å². The lowest BCUT2D eigenvalue weighted by molar-refractivity contribution is -0.124. The summed E-state index contributed by atoms with van der Waals surface area (Å²) in [6.07, 6.45) is 0.445. The van der Waals surface area contributed by atoms with Crippen molar-refractivity contribution in [1.29, 1.82) is 0 Å². The second-order valence-corrected chi connectivity index (χ2v) is 4.75. The fraction of sp³-hybridized carbons (Fsp3) is 0.385. The first-order valence-electron chi connectivity index (χ1n) is 6.05. The van der Waals surface area contributed by atoms with Crippen LogP contribution in [0.15, 0.2) is 12.1 Å². The second kappa shape index (κ2) is 5.96. The summed E-state index contributed by atoms with van der Waals surface area (Å²) in [6, 6.07) is 1.37. The van der Waals surface area contributed by atoms with Crippen LogP contribution in [0.2, 0.25) is 0 Å². The molecule has 0 spiro atoms. The summed E-state index contributed by atoms with van der Waals surface area (Å²) in [5.41, 5.74) is 8.81. The van der Waals surface area contributed by atoms with E-state index in [2.05, 4.69) is 5.32 Å². The Balaban J connectivity index is 3.13. The average molecular weight is 285 g/mol. The van der Waals surface area contributed by atoms with E-state index in [-0.39, 0.29) is 12.2 Å². The van der Waals surface area contributed by atoms with Gasteiger partial charge in [0.15, 0.2) is 0 Å². The Morgan fingerprint density at radius 3 is 2.35 bits per heavy atom. The molecule has 1 aromatic carbocycles. The van der Waals surface area contributed by atoms with E-state index in [9.17, 15) is 18.4 Å². The van der Waals surface area contributed by atoms with Gasteiger partial charge in [0.25, 0.3) is 5.91 Å². The molecule has 0 fully saturated rings. The molecule has 1 atom stereocenters. The number of carbonyl (C=O) groups excluding carboxylic acids is 2. The van der Waals surface area contributed by atoms with Crippen molar-refractivity contribution in [1.82, 2.24) is 0 Å². The minimum absolute atomic E-state index is 0.0703. The highest BCUT2D eigenvalue weighted by Gasteiger charge is 2.30. The lowest BCUT2D eigenvalue weighted by Gasteiger charge is -2.25. The molecule has 0 aliphatic rings. The van der Waals surface area contributed by atoms with Gasteiger partial charge in [-0.05, 0) is 19.4 Å². The van der Waals surface area contributed by atoms with E-state index in [4.69, 9.17) is 11.5 Å². The van der Waals surface area contributed by atoms with Crippen molar-refractivity contribution < 1.29 is 18.4 Å². The summed E-state index contributed by atoms with van der Waals surface area (Å²) in [5, 5.41) is 2.31. The smallest absolute Gasteiger partial charge is 0.251 e. The van der Waals surface area contributed by atoms with Gasteiger partial charge in [-0.15, -0.1) is 0 Å². The number of benzene rings is 1. The van der Waals surface area contributed by atoms with Crippen molar-refractivity contribution in [3.63, 3.8) is 0 Å². The third-order valence-corrected chi connectivity index (χ3v) is 3.35. The maximum atomic E-state index is 13.6. The fourth-order valence-electron chi connectivity index (χ4n) is 1.50. The molecule has 0 aliphatic carbocycles. The largest absolute Gasteiger partial charge is 0.366 e. The predicted molar refractivity (Wildman–Crippen MR) is 71.0 cm³/mol. The van der Waals surface area contributed by atoms with Gasteiger partial charge >= 0.3 is 0 Å². The third kappa shape index (κ3) is 3.11. The Morgan fingerprint density at radius 2 is 1.90 bits per heavy atom. The summed E-state index contributed by atoms with van der Waals surface area (Å²) < 4.78 is 26.9. The number of carbonyl (C=O) groups is 2.